The lowest BCUT2D eigenvalue weighted by atomic mass is 10.1. The molecule has 0 fully saturated rings. The van der Waals surface area contributed by atoms with E-state index in [0.717, 1.165) is 10.6 Å². The Labute approximate surface area is 145 Å². The van der Waals surface area contributed by atoms with Gasteiger partial charge in [-0.15, -0.1) is 16.8 Å². The normalized spacial score (nSPS) is 10.5. The average Bonchev–Trinajstić information content (AvgIpc) is 3.03. The third-order valence-electron chi connectivity index (χ3n) is 3.34. The zero-order chi connectivity index (χ0) is 17.7. The van der Waals surface area contributed by atoms with E-state index in [-0.39, 0.29) is 11.8 Å². The second kappa shape index (κ2) is 7.92. The van der Waals surface area contributed by atoms with Gasteiger partial charge in [-0.2, -0.15) is 0 Å². The van der Waals surface area contributed by atoms with Crippen LogP contribution in [0.25, 0.3) is 0 Å². The lowest BCUT2D eigenvalue weighted by Gasteiger charge is -2.14. The van der Waals surface area contributed by atoms with Crippen molar-refractivity contribution in [1.82, 2.24) is 10.2 Å². The lowest BCUT2D eigenvalue weighted by Crippen LogP contribution is -2.13. The Balaban J connectivity index is 2.30. The number of carbonyl (C=O) groups is 1. The van der Waals surface area contributed by atoms with E-state index in [1.807, 2.05) is 13.8 Å². The summed E-state index contributed by atoms with van der Waals surface area (Å²) in [6, 6.07) is 3.41. The van der Waals surface area contributed by atoms with Crippen LogP contribution in [0.15, 0.2) is 24.8 Å². The molecular weight excluding hydrogens is 326 g/mol. The second-order valence-corrected chi connectivity index (χ2v) is 6.43. The summed E-state index contributed by atoms with van der Waals surface area (Å²) in [6.45, 7) is 7.79. The van der Waals surface area contributed by atoms with Crippen molar-refractivity contribution >= 4 is 22.4 Å². The van der Waals surface area contributed by atoms with Gasteiger partial charge in [0.1, 0.15) is 5.01 Å². The Kier molecular flexibility index (Phi) is 5.92. The quantitative estimate of drug-likeness (QED) is 0.774. The van der Waals surface area contributed by atoms with Gasteiger partial charge in [-0.1, -0.05) is 31.3 Å². The number of hydrogen-bond donors (Lipinski definition) is 1. The molecule has 1 heterocycles. The lowest BCUT2D eigenvalue weighted by molar-refractivity contribution is 0.102. The summed E-state index contributed by atoms with van der Waals surface area (Å²) in [7, 11) is 3.11. The van der Waals surface area contributed by atoms with Gasteiger partial charge in [0.15, 0.2) is 11.5 Å². The maximum Gasteiger partial charge on any atom is 0.257 e. The molecule has 1 N–H and O–H groups in total. The van der Waals surface area contributed by atoms with E-state index >= 15 is 0 Å². The van der Waals surface area contributed by atoms with Gasteiger partial charge in [0, 0.05) is 17.0 Å². The number of benzene rings is 1. The first-order valence-electron chi connectivity index (χ1n) is 7.50. The fourth-order valence-electron chi connectivity index (χ4n) is 2.17. The van der Waals surface area contributed by atoms with Gasteiger partial charge >= 0.3 is 0 Å². The number of methoxy groups -OCH3 is 2. The highest BCUT2D eigenvalue weighted by molar-refractivity contribution is 7.15. The van der Waals surface area contributed by atoms with E-state index in [2.05, 4.69) is 22.1 Å². The minimum atomic E-state index is -0.271. The van der Waals surface area contributed by atoms with Gasteiger partial charge in [-0.25, -0.2) is 0 Å². The molecule has 0 spiro atoms. The molecule has 7 heteroatoms. The molecule has 1 amide bonds. The first-order valence-corrected chi connectivity index (χ1v) is 8.32. The van der Waals surface area contributed by atoms with Crippen LogP contribution in [0.3, 0.4) is 0 Å². The third-order valence-corrected chi connectivity index (χ3v) is 4.48. The van der Waals surface area contributed by atoms with Crippen LogP contribution < -0.4 is 14.8 Å². The Morgan fingerprint density at radius 3 is 2.62 bits per heavy atom. The van der Waals surface area contributed by atoms with E-state index in [0.29, 0.717) is 28.6 Å². The molecule has 1 aromatic heterocycles. The van der Waals surface area contributed by atoms with Crippen molar-refractivity contribution in [1.29, 1.82) is 0 Å². The minimum absolute atomic E-state index is 0.271. The molecule has 0 aliphatic heterocycles. The fourth-order valence-corrected chi connectivity index (χ4v) is 2.91. The van der Waals surface area contributed by atoms with Crippen LogP contribution in [0, 0.1) is 0 Å². The minimum Gasteiger partial charge on any atom is -0.493 e. The van der Waals surface area contributed by atoms with E-state index in [1.54, 1.807) is 25.3 Å². The van der Waals surface area contributed by atoms with Crippen molar-refractivity contribution in [3.05, 3.63) is 40.9 Å². The van der Waals surface area contributed by atoms with Crippen LogP contribution in [-0.4, -0.2) is 30.3 Å². The van der Waals surface area contributed by atoms with E-state index in [9.17, 15) is 4.79 Å². The number of carbonyl (C=O) groups excluding carboxylic acids is 1. The SMILES string of the molecule is C=CCc1cc(C(=O)Nc2nnc(C(C)C)s2)cc(OC)c1OC. The summed E-state index contributed by atoms with van der Waals surface area (Å²) >= 11 is 1.37. The number of nitrogens with one attached hydrogen (secondary N) is 1. The number of rotatable bonds is 7. The summed E-state index contributed by atoms with van der Waals surface area (Å²) in [5.74, 6) is 1.11. The molecule has 0 bridgehead atoms. The highest BCUT2D eigenvalue weighted by atomic mass is 32.1. The molecule has 128 valence electrons. The summed E-state index contributed by atoms with van der Waals surface area (Å²) < 4.78 is 10.7. The maximum atomic E-state index is 12.5. The van der Waals surface area contributed by atoms with Crippen LogP contribution in [0.5, 0.6) is 11.5 Å². The topological polar surface area (TPSA) is 73.3 Å². The number of ether oxygens (including phenoxy) is 2. The molecule has 0 saturated heterocycles. The molecule has 24 heavy (non-hydrogen) atoms. The zero-order valence-corrected chi connectivity index (χ0v) is 15.1. The predicted molar refractivity (Wildman–Crippen MR) is 95.4 cm³/mol. The van der Waals surface area contributed by atoms with Gasteiger partial charge in [-0.05, 0) is 18.6 Å². The molecule has 0 radical (unpaired) electrons. The maximum absolute atomic E-state index is 12.5. The van der Waals surface area contributed by atoms with E-state index in [4.69, 9.17) is 9.47 Å². The second-order valence-electron chi connectivity index (χ2n) is 5.42. The predicted octanol–water partition coefficient (Wildman–Crippen LogP) is 3.66. The summed E-state index contributed by atoms with van der Waals surface area (Å²) in [5.41, 5.74) is 1.29. The largest absolute Gasteiger partial charge is 0.493 e. The summed E-state index contributed by atoms with van der Waals surface area (Å²) in [5, 5.41) is 12.2. The average molecular weight is 347 g/mol. The van der Waals surface area contributed by atoms with Gasteiger partial charge in [0.25, 0.3) is 5.91 Å². The van der Waals surface area contributed by atoms with E-state index < -0.39 is 0 Å². The molecule has 6 nitrogen and oxygen atoms in total. The van der Waals surface area contributed by atoms with Crippen molar-refractivity contribution in [2.75, 3.05) is 19.5 Å². The van der Waals surface area contributed by atoms with Crippen molar-refractivity contribution in [2.45, 2.75) is 26.2 Å². The smallest absolute Gasteiger partial charge is 0.257 e. The highest BCUT2D eigenvalue weighted by Gasteiger charge is 2.17. The Morgan fingerprint density at radius 1 is 1.33 bits per heavy atom. The molecular formula is C17H21N3O3S. The van der Waals surface area contributed by atoms with Gasteiger partial charge < -0.3 is 9.47 Å². The number of aromatic nitrogens is 2. The van der Waals surface area contributed by atoms with Crippen LogP contribution in [0.1, 0.15) is 40.7 Å². The number of nitrogens with zero attached hydrogens (tertiary/aromatic N) is 2. The summed E-state index contributed by atoms with van der Waals surface area (Å²) in [4.78, 5) is 12.5. The van der Waals surface area contributed by atoms with Crippen LogP contribution in [-0.2, 0) is 6.42 Å². The molecule has 0 aliphatic carbocycles. The van der Waals surface area contributed by atoms with Gasteiger partial charge in [-0.3, -0.25) is 10.1 Å². The molecule has 0 unspecified atom stereocenters. The number of allylic oxidation sites excluding steroid dienone is 1. The van der Waals surface area contributed by atoms with Gasteiger partial charge in [0.05, 0.1) is 14.2 Å². The number of hydrogen-bond acceptors (Lipinski definition) is 6. The van der Waals surface area contributed by atoms with Crippen molar-refractivity contribution in [3.8, 4) is 11.5 Å². The molecule has 0 atom stereocenters. The Bertz CT molecular complexity index is 741. The molecule has 0 aliphatic rings. The van der Waals surface area contributed by atoms with Crippen LogP contribution >= 0.6 is 11.3 Å². The monoisotopic (exact) mass is 347 g/mol. The Morgan fingerprint density at radius 2 is 2.08 bits per heavy atom. The van der Waals surface area contributed by atoms with Crippen molar-refractivity contribution < 1.29 is 14.3 Å². The first kappa shape index (κ1) is 17.9. The highest BCUT2D eigenvalue weighted by Crippen LogP contribution is 2.33. The third kappa shape index (κ3) is 3.91. The molecule has 1 aromatic carbocycles. The molecule has 2 rings (SSSR count). The van der Waals surface area contributed by atoms with Crippen molar-refractivity contribution in [2.24, 2.45) is 0 Å². The first-order chi connectivity index (χ1) is 11.5. The zero-order valence-electron chi connectivity index (χ0n) is 14.3. The number of anilines is 1. The fraction of sp³-hybridized carbons (Fsp3) is 0.353. The standard InChI is InChI=1S/C17H21N3O3S/c1-6-7-11-8-12(9-13(22-4)14(11)23-5)15(21)18-17-20-19-16(24-17)10(2)3/h6,8-10H,1,7H2,2-5H3,(H,18,20,21). The summed E-state index contributed by atoms with van der Waals surface area (Å²) in [6.07, 6.45) is 2.32. The number of amides is 1. The Hall–Kier alpha value is -2.41. The molecule has 0 saturated carbocycles. The molecule has 2 aromatic rings. The van der Waals surface area contributed by atoms with Crippen LogP contribution in [0.2, 0.25) is 0 Å². The van der Waals surface area contributed by atoms with Crippen molar-refractivity contribution in [3.63, 3.8) is 0 Å². The van der Waals surface area contributed by atoms with Crippen LogP contribution in [0.4, 0.5) is 5.13 Å². The van der Waals surface area contributed by atoms with E-state index in [1.165, 1.54) is 18.4 Å². The van der Waals surface area contributed by atoms with Gasteiger partial charge in [0.2, 0.25) is 5.13 Å².